The number of aryl methyl sites for hydroxylation is 1. The number of nitrogens with two attached hydrogens (primary N) is 1. The SMILES string of the molecule is Cc1ccccc1CN1CC(N)CC(c2ccc(F)cc2)C1. The molecule has 3 heteroatoms. The van der Waals surface area contributed by atoms with E-state index in [4.69, 9.17) is 5.73 Å². The predicted molar refractivity (Wildman–Crippen MR) is 88.2 cm³/mol. The number of benzene rings is 2. The van der Waals surface area contributed by atoms with Crippen LogP contribution in [0.25, 0.3) is 0 Å². The van der Waals surface area contributed by atoms with Gasteiger partial charge in [-0.1, -0.05) is 36.4 Å². The largest absolute Gasteiger partial charge is 0.327 e. The van der Waals surface area contributed by atoms with Crippen LogP contribution in [0.5, 0.6) is 0 Å². The summed E-state index contributed by atoms with van der Waals surface area (Å²) in [6.45, 7) is 4.98. The molecule has 0 bridgehead atoms. The quantitative estimate of drug-likeness (QED) is 0.940. The molecule has 1 aliphatic rings. The topological polar surface area (TPSA) is 29.3 Å². The molecule has 0 amide bonds. The monoisotopic (exact) mass is 298 g/mol. The van der Waals surface area contributed by atoms with E-state index in [0.29, 0.717) is 5.92 Å². The summed E-state index contributed by atoms with van der Waals surface area (Å²) in [5, 5.41) is 0. The lowest BCUT2D eigenvalue weighted by molar-refractivity contribution is 0.181. The molecule has 1 fully saturated rings. The van der Waals surface area contributed by atoms with Crippen molar-refractivity contribution in [2.45, 2.75) is 31.8 Å². The van der Waals surface area contributed by atoms with Crippen LogP contribution < -0.4 is 5.73 Å². The second-order valence-corrected chi connectivity index (χ2v) is 6.36. The van der Waals surface area contributed by atoms with E-state index in [9.17, 15) is 4.39 Å². The van der Waals surface area contributed by atoms with Gasteiger partial charge < -0.3 is 5.73 Å². The minimum atomic E-state index is -0.180. The fourth-order valence-corrected chi connectivity index (χ4v) is 3.37. The van der Waals surface area contributed by atoms with Gasteiger partial charge in [-0.05, 0) is 48.1 Å². The molecule has 2 unspecified atom stereocenters. The summed E-state index contributed by atoms with van der Waals surface area (Å²) in [6.07, 6.45) is 0.968. The third kappa shape index (κ3) is 3.54. The standard InChI is InChI=1S/C19H23FN2/c1-14-4-2-3-5-16(14)11-22-12-17(10-19(21)13-22)15-6-8-18(20)9-7-15/h2-9,17,19H,10-13,21H2,1H3. The van der Waals surface area contributed by atoms with Crippen molar-refractivity contribution in [3.8, 4) is 0 Å². The smallest absolute Gasteiger partial charge is 0.123 e. The van der Waals surface area contributed by atoms with Crippen LogP contribution >= 0.6 is 0 Å². The number of piperidine rings is 1. The fraction of sp³-hybridized carbons (Fsp3) is 0.368. The number of hydrogen-bond donors (Lipinski definition) is 1. The second-order valence-electron chi connectivity index (χ2n) is 6.36. The maximum absolute atomic E-state index is 13.1. The van der Waals surface area contributed by atoms with E-state index < -0.39 is 0 Å². The molecule has 0 radical (unpaired) electrons. The van der Waals surface area contributed by atoms with E-state index in [1.54, 1.807) is 12.1 Å². The van der Waals surface area contributed by atoms with Gasteiger partial charge in [0.1, 0.15) is 5.82 Å². The number of halogens is 1. The van der Waals surface area contributed by atoms with Gasteiger partial charge in [-0.3, -0.25) is 4.90 Å². The van der Waals surface area contributed by atoms with Gasteiger partial charge in [-0.15, -0.1) is 0 Å². The van der Waals surface area contributed by atoms with Crippen LogP contribution in [0.2, 0.25) is 0 Å². The zero-order valence-corrected chi connectivity index (χ0v) is 13.0. The third-order valence-corrected chi connectivity index (χ3v) is 4.56. The highest BCUT2D eigenvalue weighted by Crippen LogP contribution is 2.27. The van der Waals surface area contributed by atoms with E-state index in [-0.39, 0.29) is 11.9 Å². The van der Waals surface area contributed by atoms with Crippen molar-refractivity contribution in [3.63, 3.8) is 0 Å². The van der Waals surface area contributed by atoms with Crippen LogP contribution in [0.3, 0.4) is 0 Å². The Kier molecular flexibility index (Phi) is 4.55. The number of rotatable bonds is 3. The Morgan fingerprint density at radius 1 is 1.09 bits per heavy atom. The Morgan fingerprint density at radius 3 is 2.55 bits per heavy atom. The maximum atomic E-state index is 13.1. The Morgan fingerprint density at radius 2 is 1.82 bits per heavy atom. The van der Waals surface area contributed by atoms with Gasteiger partial charge in [0.2, 0.25) is 0 Å². The van der Waals surface area contributed by atoms with Gasteiger partial charge in [0.05, 0.1) is 0 Å². The van der Waals surface area contributed by atoms with E-state index in [1.807, 2.05) is 12.1 Å². The molecule has 0 saturated carbocycles. The minimum absolute atomic E-state index is 0.174. The van der Waals surface area contributed by atoms with Crippen LogP contribution in [0, 0.1) is 12.7 Å². The lowest BCUT2D eigenvalue weighted by Crippen LogP contribution is -2.45. The number of nitrogens with zero attached hydrogens (tertiary/aromatic N) is 1. The van der Waals surface area contributed by atoms with Gasteiger partial charge in [-0.25, -0.2) is 4.39 Å². The van der Waals surface area contributed by atoms with Crippen LogP contribution in [0.1, 0.15) is 29.0 Å². The van der Waals surface area contributed by atoms with Crippen molar-refractivity contribution in [2.75, 3.05) is 13.1 Å². The molecule has 1 heterocycles. The summed E-state index contributed by atoms with van der Waals surface area (Å²) in [6, 6.07) is 15.5. The molecular formula is C19H23FN2. The molecule has 2 N–H and O–H groups in total. The number of likely N-dealkylation sites (tertiary alicyclic amines) is 1. The van der Waals surface area contributed by atoms with Gasteiger partial charge in [-0.2, -0.15) is 0 Å². The molecule has 0 spiro atoms. The first-order valence-electron chi connectivity index (χ1n) is 7.89. The van der Waals surface area contributed by atoms with Crippen molar-refractivity contribution < 1.29 is 4.39 Å². The Balaban J connectivity index is 1.73. The van der Waals surface area contributed by atoms with E-state index in [2.05, 4.69) is 36.1 Å². The number of hydrogen-bond acceptors (Lipinski definition) is 2. The first kappa shape index (κ1) is 15.2. The summed E-state index contributed by atoms with van der Waals surface area (Å²) in [7, 11) is 0. The maximum Gasteiger partial charge on any atom is 0.123 e. The average Bonchev–Trinajstić information content (AvgIpc) is 2.50. The Bertz CT molecular complexity index is 624. The zero-order valence-electron chi connectivity index (χ0n) is 13.0. The van der Waals surface area contributed by atoms with Crippen LogP contribution in [-0.4, -0.2) is 24.0 Å². The highest BCUT2D eigenvalue weighted by atomic mass is 19.1. The first-order valence-corrected chi connectivity index (χ1v) is 7.89. The zero-order chi connectivity index (χ0) is 15.5. The van der Waals surface area contributed by atoms with Crippen LogP contribution in [-0.2, 0) is 6.54 Å². The molecule has 2 nitrogen and oxygen atoms in total. The Labute approximate surface area is 131 Å². The lowest BCUT2D eigenvalue weighted by atomic mass is 9.88. The second kappa shape index (κ2) is 6.59. The van der Waals surface area contributed by atoms with Crippen LogP contribution in [0.15, 0.2) is 48.5 Å². The third-order valence-electron chi connectivity index (χ3n) is 4.56. The highest BCUT2D eigenvalue weighted by molar-refractivity contribution is 5.26. The summed E-state index contributed by atoms with van der Waals surface area (Å²) in [5.74, 6) is 0.203. The average molecular weight is 298 g/mol. The summed E-state index contributed by atoms with van der Waals surface area (Å²) in [5.41, 5.74) is 10.1. The van der Waals surface area contributed by atoms with Crippen molar-refractivity contribution in [3.05, 3.63) is 71.0 Å². The predicted octanol–water partition coefficient (Wildman–Crippen LogP) is 3.45. The molecule has 0 aliphatic carbocycles. The van der Waals surface area contributed by atoms with Gasteiger partial charge in [0.25, 0.3) is 0 Å². The van der Waals surface area contributed by atoms with E-state index >= 15 is 0 Å². The molecule has 116 valence electrons. The normalized spacial score (nSPS) is 22.7. The van der Waals surface area contributed by atoms with E-state index in [1.165, 1.54) is 16.7 Å². The molecule has 3 rings (SSSR count). The summed E-state index contributed by atoms with van der Waals surface area (Å²) < 4.78 is 13.1. The van der Waals surface area contributed by atoms with E-state index in [0.717, 1.165) is 26.1 Å². The summed E-state index contributed by atoms with van der Waals surface area (Å²) in [4.78, 5) is 2.42. The first-order chi connectivity index (χ1) is 10.6. The molecule has 0 aromatic heterocycles. The van der Waals surface area contributed by atoms with Crippen molar-refractivity contribution in [2.24, 2.45) is 5.73 Å². The van der Waals surface area contributed by atoms with Gasteiger partial charge in [0.15, 0.2) is 0 Å². The van der Waals surface area contributed by atoms with Crippen LogP contribution in [0.4, 0.5) is 4.39 Å². The van der Waals surface area contributed by atoms with Gasteiger partial charge in [0, 0.05) is 25.7 Å². The molecule has 1 saturated heterocycles. The van der Waals surface area contributed by atoms with Crippen molar-refractivity contribution in [1.29, 1.82) is 0 Å². The lowest BCUT2D eigenvalue weighted by Gasteiger charge is -2.37. The molecule has 2 aromatic rings. The molecular weight excluding hydrogens is 275 g/mol. The van der Waals surface area contributed by atoms with Crippen molar-refractivity contribution >= 4 is 0 Å². The highest BCUT2D eigenvalue weighted by Gasteiger charge is 2.26. The molecule has 2 atom stereocenters. The molecule has 1 aliphatic heterocycles. The Hall–Kier alpha value is -1.71. The minimum Gasteiger partial charge on any atom is -0.327 e. The van der Waals surface area contributed by atoms with Gasteiger partial charge >= 0.3 is 0 Å². The van der Waals surface area contributed by atoms with Crippen molar-refractivity contribution in [1.82, 2.24) is 4.90 Å². The fourth-order valence-electron chi connectivity index (χ4n) is 3.37. The molecule has 2 aromatic carbocycles. The summed E-state index contributed by atoms with van der Waals surface area (Å²) >= 11 is 0. The molecule has 22 heavy (non-hydrogen) atoms.